The van der Waals surface area contributed by atoms with Gasteiger partial charge in [0.2, 0.25) is 0 Å². The van der Waals surface area contributed by atoms with E-state index in [1.807, 2.05) is 4.90 Å². The lowest BCUT2D eigenvalue weighted by Crippen LogP contribution is -2.32. The van der Waals surface area contributed by atoms with Crippen molar-refractivity contribution in [2.45, 2.75) is 18.6 Å². The minimum Gasteiger partial charge on any atom is -0.389 e. The standard InChI is InChI=1S/C8H16FNO2/c1-12-8-2-3-10(6-8)5-7(11)4-9/h7-8,11H,2-6H2,1H3. The van der Waals surface area contributed by atoms with Crippen LogP contribution in [0.4, 0.5) is 4.39 Å². The first-order valence-corrected chi connectivity index (χ1v) is 4.25. The zero-order chi connectivity index (χ0) is 8.97. The third-order valence-electron chi connectivity index (χ3n) is 2.21. The number of aliphatic hydroxyl groups is 1. The third-order valence-corrected chi connectivity index (χ3v) is 2.21. The Hall–Kier alpha value is -0.190. The number of rotatable bonds is 4. The first-order valence-electron chi connectivity index (χ1n) is 4.25. The first-order chi connectivity index (χ1) is 5.76. The van der Waals surface area contributed by atoms with Gasteiger partial charge >= 0.3 is 0 Å². The van der Waals surface area contributed by atoms with Gasteiger partial charge in [0.15, 0.2) is 0 Å². The fraction of sp³-hybridized carbons (Fsp3) is 1.00. The van der Waals surface area contributed by atoms with E-state index in [-0.39, 0.29) is 6.10 Å². The number of alkyl halides is 1. The van der Waals surface area contributed by atoms with Crippen LogP contribution in [0.25, 0.3) is 0 Å². The van der Waals surface area contributed by atoms with Gasteiger partial charge in [0.1, 0.15) is 6.67 Å². The van der Waals surface area contributed by atoms with Gasteiger partial charge in [-0.2, -0.15) is 0 Å². The van der Waals surface area contributed by atoms with E-state index in [1.165, 1.54) is 0 Å². The molecule has 0 aliphatic carbocycles. The van der Waals surface area contributed by atoms with E-state index in [0.29, 0.717) is 6.54 Å². The van der Waals surface area contributed by atoms with Gasteiger partial charge < -0.3 is 9.84 Å². The second kappa shape index (κ2) is 4.74. The van der Waals surface area contributed by atoms with Gasteiger partial charge in [0, 0.05) is 26.7 Å². The van der Waals surface area contributed by atoms with Gasteiger partial charge in [-0.15, -0.1) is 0 Å². The van der Waals surface area contributed by atoms with Gasteiger partial charge in [-0.25, -0.2) is 4.39 Å². The Morgan fingerprint density at radius 2 is 2.50 bits per heavy atom. The van der Waals surface area contributed by atoms with Crippen LogP contribution < -0.4 is 0 Å². The van der Waals surface area contributed by atoms with Gasteiger partial charge in [-0.3, -0.25) is 4.90 Å². The number of hydrogen-bond acceptors (Lipinski definition) is 3. The number of halogens is 1. The number of ether oxygens (including phenoxy) is 1. The van der Waals surface area contributed by atoms with Crippen LogP contribution in [0.5, 0.6) is 0 Å². The SMILES string of the molecule is COC1CCN(CC(O)CF)C1. The molecule has 0 aromatic carbocycles. The van der Waals surface area contributed by atoms with E-state index in [4.69, 9.17) is 9.84 Å². The van der Waals surface area contributed by atoms with E-state index in [2.05, 4.69) is 0 Å². The topological polar surface area (TPSA) is 32.7 Å². The maximum atomic E-state index is 11.9. The molecule has 1 heterocycles. The highest BCUT2D eigenvalue weighted by atomic mass is 19.1. The molecule has 1 fully saturated rings. The molecule has 4 heteroatoms. The molecule has 1 rings (SSSR count). The maximum absolute atomic E-state index is 11.9. The van der Waals surface area contributed by atoms with E-state index in [1.54, 1.807) is 7.11 Å². The van der Waals surface area contributed by atoms with Crippen LogP contribution in [-0.4, -0.2) is 55.6 Å². The number of β-amino-alcohol motifs (C(OH)–C–C–N with tert-alkyl or cyclic N) is 1. The summed E-state index contributed by atoms with van der Waals surface area (Å²) in [6, 6.07) is 0. The van der Waals surface area contributed by atoms with Gasteiger partial charge in [0.25, 0.3) is 0 Å². The molecule has 0 amide bonds. The molecule has 1 saturated heterocycles. The average molecular weight is 177 g/mol. The summed E-state index contributed by atoms with van der Waals surface area (Å²) in [6.45, 7) is 1.48. The summed E-state index contributed by atoms with van der Waals surface area (Å²) < 4.78 is 17.1. The summed E-state index contributed by atoms with van der Waals surface area (Å²) >= 11 is 0. The molecule has 0 bridgehead atoms. The van der Waals surface area contributed by atoms with Crippen molar-refractivity contribution in [1.82, 2.24) is 4.90 Å². The van der Waals surface area contributed by atoms with Crippen molar-refractivity contribution in [2.24, 2.45) is 0 Å². The molecule has 0 radical (unpaired) electrons. The quantitative estimate of drug-likeness (QED) is 0.658. The highest BCUT2D eigenvalue weighted by molar-refractivity contribution is 4.77. The number of hydrogen-bond donors (Lipinski definition) is 1. The maximum Gasteiger partial charge on any atom is 0.117 e. The van der Waals surface area contributed by atoms with Crippen molar-refractivity contribution >= 4 is 0 Å². The van der Waals surface area contributed by atoms with Crippen LogP contribution >= 0.6 is 0 Å². The van der Waals surface area contributed by atoms with Crippen LogP contribution in [0.2, 0.25) is 0 Å². The minimum atomic E-state index is -0.833. The van der Waals surface area contributed by atoms with Crippen LogP contribution in [0.3, 0.4) is 0 Å². The normalized spacial score (nSPS) is 27.8. The zero-order valence-electron chi connectivity index (χ0n) is 7.37. The van der Waals surface area contributed by atoms with Crippen molar-refractivity contribution in [3.63, 3.8) is 0 Å². The molecule has 12 heavy (non-hydrogen) atoms. The second-order valence-electron chi connectivity index (χ2n) is 3.21. The van der Waals surface area contributed by atoms with E-state index < -0.39 is 12.8 Å². The van der Waals surface area contributed by atoms with Crippen molar-refractivity contribution in [1.29, 1.82) is 0 Å². The summed E-state index contributed by atoms with van der Waals surface area (Å²) in [5.41, 5.74) is 0. The second-order valence-corrected chi connectivity index (χ2v) is 3.21. The van der Waals surface area contributed by atoms with Gasteiger partial charge in [-0.1, -0.05) is 0 Å². The lowest BCUT2D eigenvalue weighted by atomic mass is 10.3. The summed E-state index contributed by atoms with van der Waals surface area (Å²) in [5.74, 6) is 0. The summed E-state index contributed by atoms with van der Waals surface area (Å²) in [4.78, 5) is 2.03. The molecule has 1 N–H and O–H groups in total. The number of likely N-dealkylation sites (tertiary alicyclic amines) is 1. The molecule has 2 unspecified atom stereocenters. The Bertz CT molecular complexity index is 134. The average Bonchev–Trinajstić information content (AvgIpc) is 2.52. The van der Waals surface area contributed by atoms with Crippen molar-refractivity contribution in [3.05, 3.63) is 0 Å². The molecule has 2 atom stereocenters. The van der Waals surface area contributed by atoms with E-state index in [0.717, 1.165) is 19.5 Å². The smallest absolute Gasteiger partial charge is 0.117 e. The predicted molar refractivity (Wildman–Crippen MR) is 43.8 cm³/mol. The molecule has 72 valence electrons. The molecule has 1 aliphatic rings. The fourth-order valence-electron chi connectivity index (χ4n) is 1.50. The van der Waals surface area contributed by atoms with Gasteiger partial charge in [-0.05, 0) is 6.42 Å². The monoisotopic (exact) mass is 177 g/mol. The summed E-state index contributed by atoms with van der Waals surface area (Å²) in [5, 5.41) is 9.02. The lowest BCUT2D eigenvalue weighted by molar-refractivity contribution is 0.0790. The van der Waals surface area contributed by atoms with Crippen LogP contribution in [0.15, 0.2) is 0 Å². The summed E-state index contributed by atoms with van der Waals surface area (Å²) in [7, 11) is 1.68. The van der Waals surface area contributed by atoms with E-state index in [9.17, 15) is 4.39 Å². The largest absolute Gasteiger partial charge is 0.389 e. The molecule has 0 aromatic rings. The number of methoxy groups -OCH3 is 1. The molecular weight excluding hydrogens is 161 g/mol. The molecule has 0 saturated carbocycles. The van der Waals surface area contributed by atoms with E-state index >= 15 is 0 Å². The van der Waals surface area contributed by atoms with Crippen LogP contribution in [-0.2, 0) is 4.74 Å². The van der Waals surface area contributed by atoms with Crippen LogP contribution in [0.1, 0.15) is 6.42 Å². The molecule has 1 aliphatic heterocycles. The first kappa shape index (κ1) is 9.89. The van der Waals surface area contributed by atoms with Gasteiger partial charge in [0.05, 0.1) is 12.2 Å². The summed E-state index contributed by atoms with van der Waals surface area (Å²) in [6.07, 6.45) is 0.410. The molecule has 0 aromatic heterocycles. The Labute approximate surface area is 72.1 Å². The highest BCUT2D eigenvalue weighted by Crippen LogP contribution is 2.11. The Kier molecular flexibility index (Phi) is 3.91. The minimum absolute atomic E-state index is 0.261. The predicted octanol–water partition coefficient (Wildman–Crippen LogP) is 0.0375. The Balaban J connectivity index is 2.18. The Morgan fingerprint density at radius 1 is 1.75 bits per heavy atom. The molecule has 3 nitrogen and oxygen atoms in total. The number of aliphatic hydroxyl groups excluding tert-OH is 1. The number of nitrogens with zero attached hydrogens (tertiary/aromatic N) is 1. The Morgan fingerprint density at radius 3 is 3.00 bits per heavy atom. The highest BCUT2D eigenvalue weighted by Gasteiger charge is 2.23. The molecule has 0 spiro atoms. The third kappa shape index (κ3) is 2.69. The lowest BCUT2D eigenvalue weighted by Gasteiger charge is -2.17. The fourth-order valence-corrected chi connectivity index (χ4v) is 1.50. The zero-order valence-corrected chi connectivity index (χ0v) is 7.37. The molecular formula is C8H16FNO2. The van der Waals surface area contributed by atoms with Crippen molar-refractivity contribution in [3.8, 4) is 0 Å². The van der Waals surface area contributed by atoms with Crippen LogP contribution in [0, 0.1) is 0 Å². The van der Waals surface area contributed by atoms with Crippen molar-refractivity contribution < 1.29 is 14.2 Å². The van der Waals surface area contributed by atoms with Crippen molar-refractivity contribution in [2.75, 3.05) is 33.4 Å².